The first kappa shape index (κ1) is 15.0. The van der Waals surface area contributed by atoms with Crippen molar-refractivity contribution in [2.24, 2.45) is 0 Å². The largest absolute Gasteiger partial charge is 0.399 e. The highest BCUT2D eigenvalue weighted by Crippen LogP contribution is 2.22. The summed E-state index contributed by atoms with van der Waals surface area (Å²) in [5, 5.41) is 10.3. The summed E-state index contributed by atoms with van der Waals surface area (Å²) in [7, 11) is 0. The number of β-amino-alcohol motifs (C(OH)–C–C–N with tert-alkyl or cyclic N) is 1. The zero-order valence-corrected chi connectivity index (χ0v) is 12.2. The van der Waals surface area contributed by atoms with Gasteiger partial charge in [0.15, 0.2) is 0 Å². The van der Waals surface area contributed by atoms with Crippen molar-refractivity contribution in [2.75, 3.05) is 18.8 Å². The topological polar surface area (TPSA) is 49.5 Å². The minimum Gasteiger partial charge on any atom is -0.399 e. The highest BCUT2D eigenvalue weighted by atomic mass is 16.3. The van der Waals surface area contributed by atoms with E-state index in [1.165, 1.54) is 0 Å². The molecule has 1 rings (SSSR count). The number of aliphatic hydroxyl groups excluding tert-OH is 1. The van der Waals surface area contributed by atoms with Crippen LogP contribution < -0.4 is 5.73 Å². The molecule has 0 fully saturated rings. The van der Waals surface area contributed by atoms with Gasteiger partial charge in [0, 0.05) is 17.8 Å². The van der Waals surface area contributed by atoms with Crippen molar-refractivity contribution in [3.05, 3.63) is 29.3 Å². The van der Waals surface area contributed by atoms with Crippen LogP contribution in [0.3, 0.4) is 0 Å². The number of hydrogen-bond donors (Lipinski definition) is 2. The van der Waals surface area contributed by atoms with Gasteiger partial charge >= 0.3 is 0 Å². The van der Waals surface area contributed by atoms with Crippen molar-refractivity contribution < 1.29 is 5.11 Å². The van der Waals surface area contributed by atoms with Gasteiger partial charge in [-0.15, -0.1) is 0 Å². The van der Waals surface area contributed by atoms with E-state index in [4.69, 9.17) is 5.73 Å². The molecule has 0 aromatic heterocycles. The summed E-state index contributed by atoms with van der Waals surface area (Å²) in [6.45, 7) is 12.1. The molecule has 1 unspecified atom stereocenters. The van der Waals surface area contributed by atoms with Gasteiger partial charge in [-0.3, -0.25) is 4.90 Å². The van der Waals surface area contributed by atoms with E-state index in [1.807, 2.05) is 25.1 Å². The quantitative estimate of drug-likeness (QED) is 0.808. The van der Waals surface area contributed by atoms with Gasteiger partial charge in [-0.25, -0.2) is 0 Å². The molecule has 1 aromatic rings. The third-order valence-electron chi connectivity index (χ3n) is 3.41. The van der Waals surface area contributed by atoms with E-state index in [0.29, 0.717) is 6.54 Å². The van der Waals surface area contributed by atoms with Crippen molar-refractivity contribution in [3.63, 3.8) is 0 Å². The van der Waals surface area contributed by atoms with E-state index in [9.17, 15) is 5.11 Å². The van der Waals surface area contributed by atoms with Crippen LogP contribution in [-0.2, 0) is 0 Å². The van der Waals surface area contributed by atoms with Crippen molar-refractivity contribution >= 4 is 5.69 Å². The Hall–Kier alpha value is -1.06. The van der Waals surface area contributed by atoms with E-state index in [0.717, 1.165) is 23.4 Å². The zero-order chi connectivity index (χ0) is 13.9. The fourth-order valence-corrected chi connectivity index (χ4v) is 2.06. The van der Waals surface area contributed by atoms with Crippen molar-refractivity contribution in [3.8, 4) is 0 Å². The molecule has 102 valence electrons. The molecule has 3 heteroatoms. The Morgan fingerprint density at radius 2 is 1.94 bits per heavy atom. The Morgan fingerprint density at radius 1 is 1.33 bits per heavy atom. The molecule has 0 bridgehead atoms. The second-order valence-corrected chi connectivity index (χ2v) is 5.84. The van der Waals surface area contributed by atoms with E-state index in [-0.39, 0.29) is 5.54 Å². The smallest absolute Gasteiger partial charge is 0.0917 e. The first-order valence-corrected chi connectivity index (χ1v) is 6.55. The molecule has 0 aliphatic heterocycles. The summed E-state index contributed by atoms with van der Waals surface area (Å²) >= 11 is 0. The van der Waals surface area contributed by atoms with E-state index >= 15 is 0 Å². The number of rotatable bonds is 4. The number of nitrogen functional groups attached to an aromatic ring is 1. The molecule has 18 heavy (non-hydrogen) atoms. The normalized spacial score (nSPS) is 13.9. The maximum Gasteiger partial charge on any atom is 0.0917 e. The molecule has 3 nitrogen and oxygen atoms in total. The molecule has 0 amide bonds. The fraction of sp³-hybridized carbons (Fsp3) is 0.600. The van der Waals surface area contributed by atoms with Gasteiger partial charge < -0.3 is 10.8 Å². The lowest BCUT2D eigenvalue weighted by Gasteiger charge is -2.36. The molecule has 0 radical (unpaired) electrons. The second-order valence-electron chi connectivity index (χ2n) is 5.84. The summed E-state index contributed by atoms with van der Waals surface area (Å²) in [4.78, 5) is 2.26. The van der Waals surface area contributed by atoms with Crippen molar-refractivity contribution in [2.45, 2.75) is 46.3 Å². The molecule has 0 saturated carbocycles. The van der Waals surface area contributed by atoms with E-state index in [1.54, 1.807) is 0 Å². The van der Waals surface area contributed by atoms with Crippen LogP contribution in [0.2, 0.25) is 0 Å². The predicted molar refractivity (Wildman–Crippen MR) is 77.6 cm³/mol. The van der Waals surface area contributed by atoms with Crippen LogP contribution in [-0.4, -0.2) is 28.6 Å². The third-order valence-corrected chi connectivity index (χ3v) is 3.41. The number of aliphatic hydroxyl groups is 1. The van der Waals surface area contributed by atoms with Crippen molar-refractivity contribution in [1.82, 2.24) is 4.90 Å². The molecule has 0 spiro atoms. The molecule has 0 aliphatic carbocycles. The van der Waals surface area contributed by atoms with Crippen molar-refractivity contribution in [1.29, 1.82) is 0 Å². The van der Waals surface area contributed by atoms with Crippen LogP contribution in [0.1, 0.15) is 44.9 Å². The average Bonchev–Trinajstić information content (AvgIpc) is 2.27. The molecule has 0 aliphatic rings. The fourth-order valence-electron chi connectivity index (χ4n) is 2.06. The van der Waals surface area contributed by atoms with E-state index in [2.05, 4.69) is 32.6 Å². The maximum absolute atomic E-state index is 10.3. The monoisotopic (exact) mass is 250 g/mol. The highest BCUT2D eigenvalue weighted by Gasteiger charge is 2.22. The number of nitrogens with zero attached hydrogens (tertiary/aromatic N) is 1. The Morgan fingerprint density at radius 3 is 2.39 bits per heavy atom. The number of hydrogen-bond acceptors (Lipinski definition) is 3. The predicted octanol–water partition coefficient (Wildman–Crippen LogP) is 2.73. The Labute approximate surface area is 111 Å². The number of nitrogens with two attached hydrogens (primary N) is 1. The molecule has 1 atom stereocenters. The number of aryl methyl sites for hydroxylation is 1. The zero-order valence-electron chi connectivity index (χ0n) is 12.2. The Bertz CT molecular complexity index is 396. The summed E-state index contributed by atoms with van der Waals surface area (Å²) in [5.41, 5.74) is 8.63. The Kier molecular flexibility index (Phi) is 4.77. The summed E-state index contributed by atoms with van der Waals surface area (Å²) in [6.07, 6.45) is -0.493. The van der Waals surface area contributed by atoms with Crippen LogP contribution in [0.5, 0.6) is 0 Å². The van der Waals surface area contributed by atoms with Gasteiger partial charge in [0.2, 0.25) is 0 Å². The molecule has 3 N–H and O–H groups in total. The van der Waals surface area contributed by atoms with Crippen LogP contribution in [0.4, 0.5) is 5.69 Å². The van der Waals surface area contributed by atoms with Gasteiger partial charge in [-0.05, 0) is 51.4 Å². The number of anilines is 1. The molecule has 0 heterocycles. The van der Waals surface area contributed by atoms with Gasteiger partial charge in [-0.2, -0.15) is 0 Å². The van der Waals surface area contributed by atoms with Crippen LogP contribution >= 0.6 is 0 Å². The van der Waals surface area contributed by atoms with E-state index < -0.39 is 6.10 Å². The lowest BCUT2D eigenvalue weighted by molar-refractivity contribution is 0.0626. The first-order chi connectivity index (χ1) is 8.25. The van der Waals surface area contributed by atoms with Crippen LogP contribution in [0, 0.1) is 6.92 Å². The summed E-state index contributed by atoms with van der Waals surface area (Å²) in [6, 6.07) is 5.78. The lowest BCUT2D eigenvalue weighted by Crippen LogP contribution is -2.43. The molecular formula is C15H26N2O. The minimum atomic E-state index is -0.493. The minimum absolute atomic E-state index is 0.0615. The first-order valence-electron chi connectivity index (χ1n) is 6.55. The second kappa shape index (κ2) is 5.72. The average molecular weight is 250 g/mol. The molecule has 1 aromatic carbocycles. The summed E-state index contributed by atoms with van der Waals surface area (Å²) in [5.74, 6) is 0. The molecular weight excluding hydrogens is 224 g/mol. The lowest BCUT2D eigenvalue weighted by atomic mass is 10.0. The van der Waals surface area contributed by atoms with Gasteiger partial charge in [0.05, 0.1) is 6.10 Å². The van der Waals surface area contributed by atoms with Gasteiger partial charge in [0.25, 0.3) is 0 Å². The number of benzene rings is 1. The van der Waals surface area contributed by atoms with Crippen LogP contribution in [0.25, 0.3) is 0 Å². The third kappa shape index (κ3) is 3.72. The number of likely N-dealkylation sites (N-methyl/N-ethyl adjacent to an activating group) is 1. The van der Waals surface area contributed by atoms with Gasteiger partial charge in [0.1, 0.15) is 0 Å². The SMILES string of the molecule is CCN(CC(O)c1ccc(C)c(N)c1)C(C)(C)C. The maximum atomic E-state index is 10.3. The standard InChI is InChI=1S/C15H26N2O/c1-6-17(15(3,4)5)10-14(18)12-8-7-11(2)13(16)9-12/h7-9,14,18H,6,10,16H2,1-5H3. The summed E-state index contributed by atoms with van der Waals surface area (Å²) < 4.78 is 0. The molecule has 0 saturated heterocycles. The Balaban J connectivity index is 2.81. The van der Waals surface area contributed by atoms with Gasteiger partial charge in [-0.1, -0.05) is 19.1 Å². The highest BCUT2D eigenvalue weighted by molar-refractivity contribution is 5.48. The van der Waals surface area contributed by atoms with Crippen LogP contribution in [0.15, 0.2) is 18.2 Å².